The van der Waals surface area contributed by atoms with Crippen LogP contribution in [0, 0.1) is 7.14 Å². The summed E-state index contributed by atoms with van der Waals surface area (Å²) in [4.78, 5) is 11.0. The van der Waals surface area contributed by atoms with Crippen LogP contribution in [0.15, 0.2) is 12.1 Å². The van der Waals surface area contributed by atoms with Gasteiger partial charge in [-0.05, 0) is 57.3 Å². The first-order valence-corrected chi connectivity index (χ1v) is 5.94. The van der Waals surface area contributed by atoms with Crippen molar-refractivity contribution >= 4 is 51.2 Å². The lowest BCUT2D eigenvalue weighted by Gasteiger charge is -2.06. The van der Waals surface area contributed by atoms with Crippen molar-refractivity contribution in [2.45, 2.75) is 6.42 Å². The molecular formula is C9H8I2O3. The third-order valence-electron chi connectivity index (χ3n) is 1.67. The number of hydrogen-bond donors (Lipinski definition) is 1. The Morgan fingerprint density at radius 1 is 1.50 bits per heavy atom. The van der Waals surface area contributed by atoms with E-state index in [1.54, 1.807) is 6.07 Å². The Morgan fingerprint density at radius 3 is 2.71 bits per heavy atom. The van der Waals surface area contributed by atoms with Gasteiger partial charge in [-0.3, -0.25) is 4.79 Å². The lowest BCUT2D eigenvalue weighted by molar-refractivity contribution is -0.139. The first kappa shape index (κ1) is 12.0. The molecule has 1 rings (SSSR count). The number of rotatable bonds is 2. The Morgan fingerprint density at radius 2 is 2.14 bits per heavy atom. The molecule has 0 spiro atoms. The van der Waals surface area contributed by atoms with Gasteiger partial charge in [0.2, 0.25) is 0 Å². The normalized spacial score (nSPS) is 9.93. The maximum Gasteiger partial charge on any atom is 0.310 e. The molecule has 0 unspecified atom stereocenters. The van der Waals surface area contributed by atoms with Crippen molar-refractivity contribution in [1.82, 2.24) is 0 Å². The van der Waals surface area contributed by atoms with Crippen LogP contribution < -0.4 is 0 Å². The number of phenolic OH excluding ortho intramolecular Hbond substituents is 1. The van der Waals surface area contributed by atoms with Crippen LogP contribution in [0.4, 0.5) is 0 Å². The molecule has 0 fully saturated rings. The van der Waals surface area contributed by atoms with Crippen LogP contribution in [0.25, 0.3) is 0 Å². The highest BCUT2D eigenvalue weighted by Crippen LogP contribution is 2.27. The van der Waals surface area contributed by atoms with Gasteiger partial charge >= 0.3 is 5.97 Å². The number of benzene rings is 1. The van der Waals surface area contributed by atoms with Crippen molar-refractivity contribution in [2.75, 3.05) is 7.11 Å². The van der Waals surface area contributed by atoms with Gasteiger partial charge in [-0.2, -0.15) is 0 Å². The summed E-state index contributed by atoms with van der Waals surface area (Å²) >= 11 is 4.17. The van der Waals surface area contributed by atoms with Gasteiger partial charge < -0.3 is 9.84 Å². The van der Waals surface area contributed by atoms with Gasteiger partial charge in [-0.25, -0.2) is 0 Å². The molecule has 0 aliphatic carbocycles. The predicted octanol–water partition coefficient (Wildman–Crippen LogP) is 2.32. The number of halogens is 2. The lowest BCUT2D eigenvalue weighted by Crippen LogP contribution is -2.05. The Kier molecular flexibility index (Phi) is 4.42. The largest absolute Gasteiger partial charge is 0.507 e. The second-order valence-corrected chi connectivity index (χ2v) is 5.06. The molecule has 0 heterocycles. The number of methoxy groups -OCH3 is 1. The van der Waals surface area contributed by atoms with Crippen molar-refractivity contribution in [3.63, 3.8) is 0 Å². The van der Waals surface area contributed by atoms with E-state index in [1.165, 1.54) is 7.11 Å². The topological polar surface area (TPSA) is 46.5 Å². The zero-order valence-corrected chi connectivity index (χ0v) is 11.7. The molecule has 0 saturated heterocycles. The van der Waals surface area contributed by atoms with Crippen LogP contribution in [0.1, 0.15) is 5.56 Å². The summed E-state index contributed by atoms with van der Waals surface area (Å²) in [7, 11) is 1.33. The lowest BCUT2D eigenvalue weighted by atomic mass is 10.1. The fourth-order valence-electron chi connectivity index (χ4n) is 0.982. The van der Waals surface area contributed by atoms with E-state index in [9.17, 15) is 9.90 Å². The Labute approximate surface area is 109 Å². The van der Waals surface area contributed by atoms with Crippen LogP contribution in [0.3, 0.4) is 0 Å². The quantitative estimate of drug-likeness (QED) is 0.593. The zero-order chi connectivity index (χ0) is 10.7. The number of ether oxygens (including phenoxy) is 1. The molecule has 1 N–H and O–H groups in total. The van der Waals surface area contributed by atoms with Gasteiger partial charge in [0.15, 0.2) is 0 Å². The summed E-state index contributed by atoms with van der Waals surface area (Å²) in [6.45, 7) is 0. The summed E-state index contributed by atoms with van der Waals surface area (Å²) in [6, 6.07) is 3.62. The van der Waals surface area contributed by atoms with Crippen molar-refractivity contribution in [3.8, 4) is 5.75 Å². The maximum atomic E-state index is 11.0. The van der Waals surface area contributed by atoms with Gasteiger partial charge in [0, 0.05) is 9.13 Å². The molecule has 14 heavy (non-hydrogen) atoms. The minimum atomic E-state index is -0.349. The highest BCUT2D eigenvalue weighted by Gasteiger charge is 2.11. The molecule has 1 aromatic carbocycles. The Balaban J connectivity index is 3.02. The molecule has 0 aliphatic heterocycles. The molecule has 0 saturated carbocycles. The van der Waals surface area contributed by atoms with E-state index in [2.05, 4.69) is 27.3 Å². The van der Waals surface area contributed by atoms with Gasteiger partial charge in [-0.15, -0.1) is 0 Å². The first-order valence-electron chi connectivity index (χ1n) is 3.78. The van der Waals surface area contributed by atoms with Crippen LogP contribution in [0.5, 0.6) is 5.75 Å². The average Bonchev–Trinajstić information content (AvgIpc) is 2.13. The smallest absolute Gasteiger partial charge is 0.310 e. The SMILES string of the molecule is COC(=O)Cc1cc(I)cc(I)c1O. The highest BCUT2D eigenvalue weighted by atomic mass is 127. The van der Waals surface area contributed by atoms with Gasteiger partial charge in [-0.1, -0.05) is 0 Å². The van der Waals surface area contributed by atoms with E-state index >= 15 is 0 Å². The second-order valence-electron chi connectivity index (χ2n) is 2.65. The van der Waals surface area contributed by atoms with Crippen molar-refractivity contribution in [3.05, 3.63) is 24.8 Å². The fourth-order valence-corrected chi connectivity index (χ4v) is 2.95. The Bertz CT molecular complexity index is 363. The predicted molar refractivity (Wildman–Crippen MR) is 69.3 cm³/mol. The molecule has 0 aliphatic rings. The number of aromatic hydroxyl groups is 1. The summed E-state index contributed by atoms with van der Waals surface area (Å²) in [6.07, 6.45) is 0.106. The second kappa shape index (κ2) is 5.15. The molecule has 0 atom stereocenters. The van der Waals surface area contributed by atoms with Gasteiger partial charge in [0.25, 0.3) is 0 Å². The minimum Gasteiger partial charge on any atom is -0.507 e. The number of hydrogen-bond acceptors (Lipinski definition) is 3. The van der Waals surface area contributed by atoms with E-state index in [0.717, 1.165) is 7.14 Å². The third kappa shape index (κ3) is 2.97. The monoisotopic (exact) mass is 418 g/mol. The Hall–Kier alpha value is -0.0500. The zero-order valence-electron chi connectivity index (χ0n) is 7.38. The van der Waals surface area contributed by atoms with E-state index in [4.69, 9.17) is 0 Å². The highest BCUT2D eigenvalue weighted by molar-refractivity contribution is 14.1. The van der Waals surface area contributed by atoms with Crippen LogP contribution in [0.2, 0.25) is 0 Å². The summed E-state index contributed by atoms with van der Waals surface area (Å²) < 4.78 is 6.27. The van der Waals surface area contributed by atoms with Crippen molar-refractivity contribution in [2.24, 2.45) is 0 Å². The van der Waals surface area contributed by atoms with E-state index in [-0.39, 0.29) is 18.1 Å². The van der Waals surface area contributed by atoms with E-state index in [1.807, 2.05) is 28.7 Å². The average molecular weight is 418 g/mol. The van der Waals surface area contributed by atoms with Gasteiger partial charge in [0.1, 0.15) is 5.75 Å². The van der Waals surface area contributed by atoms with E-state index < -0.39 is 0 Å². The number of esters is 1. The van der Waals surface area contributed by atoms with Crippen molar-refractivity contribution < 1.29 is 14.6 Å². The first-order chi connectivity index (χ1) is 6.54. The number of carbonyl (C=O) groups is 1. The molecule has 1 aromatic rings. The molecule has 0 radical (unpaired) electrons. The third-order valence-corrected chi connectivity index (χ3v) is 3.11. The van der Waals surface area contributed by atoms with Gasteiger partial charge in [0.05, 0.1) is 17.1 Å². The molecule has 76 valence electrons. The number of carbonyl (C=O) groups excluding carboxylic acids is 1. The molecule has 0 bridgehead atoms. The standard InChI is InChI=1S/C9H8I2O3/c1-14-8(12)3-5-2-6(10)4-7(11)9(5)13/h2,4,13H,3H2,1H3. The molecule has 5 heteroatoms. The van der Waals surface area contributed by atoms with Crippen LogP contribution >= 0.6 is 45.2 Å². The van der Waals surface area contributed by atoms with E-state index in [0.29, 0.717) is 5.56 Å². The minimum absolute atomic E-state index is 0.106. The molecule has 0 aromatic heterocycles. The van der Waals surface area contributed by atoms with Crippen LogP contribution in [-0.2, 0) is 16.0 Å². The molecular weight excluding hydrogens is 410 g/mol. The summed E-state index contributed by atoms with van der Waals surface area (Å²) in [5.74, 6) is -0.186. The molecule has 0 amide bonds. The maximum absolute atomic E-state index is 11.0. The molecule has 3 nitrogen and oxygen atoms in total. The summed E-state index contributed by atoms with van der Waals surface area (Å²) in [5, 5.41) is 9.65. The fraction of sp³-hybridized carbons (Fsp3) is 0.222. The van der Waals surface area contributed by atoms with Crippen LogP contribution in [-0.4, -0.2) is 18.2 Å². The van der Waals surface area contributed by atoms with Crippen molar-refractivity contribution in [1.29, 1.82) is 0 Å². The summed E-state index contributed by atoms with van der Waals surface area (Å²) in [5.41, 5.74) is 0.605. The number of phenols is 1.